The molecule has 1 aromatic carbocycles. The van der Waals surface area contributed by atoms with Gasteiger partial charge in [-0.25, -0.2) is 9.37 Å². The Hall–Kier alpha value is -2.62. The molecule has 0 bridgehead atoms. The summed E-state index contributed by atoms with van der Waals surface area (Å²) in [6, 6.07) is 4.22. The van der Waals surface area contributed by atoms with E-state index in [1.54, 1.807) is 0 Å². The Kier molecular flexibility index (Phi) is 6.59. The van der Waals surface area contributed by atoms with E-state index < -0.39 is 35.7 Å². The van der Waals surface area contributed by atoms with E-state index in [0.29, 0.717) is 5.69 Å². The van der Waals surface area contributed by atoms with Gasteiger partial charge in [0.2, 0.25) is 11.5 Å². The smallest absolute Gasteiger partial charge is 0.374 e. The quantitative estimate of drug-likeness (QED) is 0.661. The van der Waals surface area contributed by atoms with Gasteiger partial charge in [-0.3, -0.25) is 4.79 Å². The van der Waals surface area contributed by atoms with Crippen molar-refractivity contribution in [3.63, 3.8) is 0 Å². The first-order chi connectivity index (χ1) is 14.5. The lowest BCUT2D eigenvalue weighted by Gasteiger charge is -2.33. The summed E-state index contributed by atoms with van der Waals surface area (Å²) in [6.45, 7) is 0. The van der Waals surface area contributed by atoms with Crippen LogP contribution in [0.15, 0.2) is 30.6 Å². The Bertz CT molecular complexity index is 924. The lowest BCUT2D eigenvalue weighted by atomic mass is 9.94. The summed E-state index contributed by atoms with van der Waals surface area (Å²) in [5.41, 5.74) is -3.10. The molecule has 1 heterocycles. The van der Waals surface area contributed by atoms with E-state index in [1.807, 2.05) is 11.9 Å². The lowest BCUT2D eigenvalue weighted by Crippen LogP contribution is -2.46. The summed E-state index contributed by atoms with van der Waals surface area (Å²) in [5, 5.41) is 12.5. The van der Waals surface area contributed by atoms with Crippen LogP contribution in [0.4, 0.5) is 28.9 Å². The van der Waals surface area contributed by atoms with Crippen molar-refractivity contribution in [2.75, 3.05) is 17.3 Å². The third-order valence-electron chi connectivity index (χ3n) is 5.81. The number of carbonyl (C=O) groups is 1. The highest BCUT2D eigenvalue weighted by molar-refractivity contribution is 5.91. The molecule has 6 nitrogen and oxygen atoms in total. The normalized spacial score (nSPS) is 17.3. The van der Waals surface area contributed by atoms with Crippen molar-refractivity contribution in [1.29, 1.82) is 0 Å². The van der Waals surface area contributed by atoms with E-state index in [-0.39, 0.29) is 11.7 Å². The fourth-order valence-corrected chi connectivity index (χ4v) is 4.04. The zero-order chi connectivity index (χ0) is 22.8. The molecule has 2 N–H and O–H groups in total. The van der Waals surface area contributed by atoms with Gasteiger partial charge in [0.1, 0.15) is 5.82 Å². The number of aliphatic hydroxyl groups is 1. The predicted octanol–water partition coefficient (Wildman–Crippen LogP) is 4.11. The van der Waals surface area contributed by atoms with Gasteiger partial charge in [0.15, 0.2) is 5.82 Å². The van der Waals surface area contributed by atoms with E-state index >= 15 is 0 Å². The summed E-state index contributed by atoms with van der Waals surface area (Å²) < 4.78 is 56.4. The van der Waals surface area contributed by atoms with Crippen LogP contribution in [0.25, 0.3) is 0 Å². The Morgan fingerprint density at radius 3 is 2.52 bits per heavy atom. The molecule has 1 saturated carbocycles. The number of anilines is 2. The number of benzene rings is 1. The minimum absolute atomic E-state index is 0.00709. The maximum Gasteiger partial charge on any atom is 0.425 e. The van der Waals surface area contributed by atoms with Crippen LogP contribution < -0.4 is 10.2 Å². The summed E-state index contributed by atoms with van der Waals surface area (Å²) in [4.78, 5) is 17.7. The predicted molar refractivity (Wildman–Crippen MR) is 108 cm³/mol. The number of hydrogen-bond acceptors (Lipinski definition) is 4. The summed E-state index contributed by atoms with van der Waals surface area (Å²) in [5.74, 6) is -2.40. The molecule has 170 valence electrons. The number of nitrogens with zero attached hydrogens (tertiary/aromatic N) is 3. The van der Waals surface area contributed by atoms with Crippen LogP contribution in [0.2, 0.25) is 0 Å². The molecule has 0 aliphatic heterocycles. The van der Waals surface area contributed by atoms with Crippen molar-refractivity contribution in [2.24, 2.45) is 7.05 Å². The SMILES string of the molecule is CN(c1ccc(NC(=O)CC(O)(c2nccn2C)C(F)(F)F)cc1F)C1CCCCC1. The van der Waals surface area contributed by atoms with E-state index in [9.17, 15) is 27.5 Å². The van der Waals surface area contributed by atoms with Crippen LogP contribution >= 0.6 is 0 Å². The zero-order valence-corrected chi connectivity index (χ0v) is 17.4. The largest absolute Gasteiger partial charge is 0.425 e. The first-order valence-corrected chi connectivity index (χ1v) is 10.1. The monoisotopic (exact) mass is 442 g/mol. The highest BCUT2D eigenvalue weighted by Gasteiger charge is 2.58. The molecule has 1 aromatic heterocycles. The fraction of sp³-hybridized carbons (Fsp3) is 0.524. The van der Waals surface area contributed by atoms with Crippen molar-refractivity contribution in [3.8, 4) is 0 Å². The summed E-state index contributed by atoms with van der Waals surface area (Å²) in [6.07, 6.45) is 1.16. The van der Waals surface area contributed by atoms with Gasteiger partial charge in [-0.1, -0.05) is 19.3 Å². The number of hydrogen-bond donors (Lipinski definition) is 2. The molecule has 1 unspecified atom stereocenters. The van der Waals surface area contributed by atoms with E-state index in [0.717, 1.165) is 42.5 Å². The number of carbonyl (C=O) groups excluding carboxylic acids is 1. The van der Waals surface area contributed by atoms with E-state index in [4.69, 9.17) is 0 Å². The van der Waals surface area contributed by atoms with Crippen LogP contribution in [0.5, 0.6) is 0 Å². The third-order valence-corrected chi connectivity index (χ3v) is 5.81. The Morgan fingerprint density at radius 2 is 1.97 bits per heavy atom. The van der Waals surface area contributed by atoms with Gasteiger partial charge in [0.05, 0.1) is 12.1 Å². The number of halogens is 4. The van der Waals surface area contributed by atoms with E-state index in [1.165, 1.54) is 31.8 Å². The van der Waals surface area contributed by atoms with Crippen LogP contribution in [0.1, 0.15) is 44.3 Å². The number of rotatable bonds is 6. The standard InChI is InChI=1S/C21H26F4N4O2/c1-28-11-10-26-19(28)20(31,21(23,24)25)13-18(30)27-14-8-9-17(16(22)12-14)29(2)15-6-4-3-5-7-15/h8-12,15,31H,3-7,13H2,1-2H3,(H,27,30). The first kappa shape index (κ1) is 23.1. The average Bonchev–Trinajstić information content (AvgIpc) is 3.13. The van der Waals surface area contributed by atoms with Crippen LogP contribution in [0, 0.1) is 5.82 Å². The number of alkyl halides is 3. The fourth-order valence-electron chi connectivity index (χ4n) is 4.04. The summed E-state index contributed by atoms with van der Waals surface area (Å²) >= 11 is 0. The van der Waals surface area contributed by atoms with Gasteiger partial charge in [0, 0.05) is 38.2 Å². The Morgan fingerprint density at radius 1 is 1.29 bits per heavy atom. The maximum atomic E-state index is 14.7. The number of imidazole rings is 1. The first-order valence-electron chi connectivity index (χ1n) is 10.1. The molecule has 0 saturated heterocycles. The van der Waals surface area contributed by atoms with Gasteiger partial charge in [-0.05, 0) is 31.0 Å². The van der Waals surface area contributed by atoms with Crippen LogP contribution in [-0.4, -0.2) is 39.8 Å². The molecule has 3 rings (SSSR count). The molecule has 1 aliphatic rings. The molecule has 0 spiro atoms. The van der Waals surface area contributed by atoms with Gasteiger partial charge >= 0.3 is 6.18 Å². The lowest BCUT2D eigenvalue weighted by molar-refractivity contribution is -0.270. The summed E-state index contributed by atoms with van der Waals surface area (Å²) in [7, 11) is 3.09. The number of aromatic nitrogens is 2. The van der Waals surface area contributed by atoms with Crippen LogP contribution in [-0.2, 0) is 17.4 Å². The van der Waals surface area contributed by atoms with Crippen LogP contribution in [0.3, 0.4) is 0 Å². The van der Waals surface area contributed by atoms with Gasteiger partial charge in [-0.2, -0.15) is 13.2 Å². The van der Waals surface area contributed by atoms with Gasteiger partial charge in [-0.15, -0.1) is 0 Å². The molecule has 31 heavy (non-hydrogen) atoms. The highest BCUT2D eigenvalue weighted by atomic mass is 19.4. The van der Waals surface area contributed by atoms with Gasteiger partial charge < -0.3 is 19.9 Å². The number of aryl methyl sites for hydroxylation is 1. The number of amides is 1. The average molecular weight is 442 g/mol. The molecular weight excluding hydrogens is 416 g/mol. The molecule has 1 atom stereocenters. The van der Waals surface area contributed by atoms with Crippen molar-refractivity contribution in [3.05, 3.63) is 42.2 Å². The maximum absolute atomic E-state index is 14.7. The Balaban J connectivity index is 1.74. The molecule has 1 amide bonds. The molecule has 2 aromatic rings. The highest BCUT2D eigenvalue weighted by Crippen LogP contribution is 2.41. The second kappa shape index (κ2) is 8.86. The topological polar surface area (TPSA) is 70.4 Å². The molecule has 10 heteroatoms. The minimum Gasteiger partial charge on any atom is -0.374 e. The molecular formula is C21H26F4N4O2. The zero-order valence-electron chi connectivity index (χ0n) is 17.4. The second-order valence-corrected chi connectivity index (χ2v) is 8.01. The molecule has 1 fully saturated rings. The van der Waals surface area contributed by atoms with E-state index in [2.05, 4.69) is 10.3 Å². The van der Waals surface area contributed by atoms with Crippen molar-refractivity contribution in [2.45, 2.75) is 56.3 Å². The third kappa shape index (κ3) is 4.84. The molecule has 0 radical (unpaired) electrons. The Labute approximate surface area is 177 Å². The van der Waals surface area contributed by atoms with Gasteiger partial charge in [0.25, 0.3) is 0 Å². The minimum atomic E-state index is -5.14. The number of nitrogens with one attached hydrogen (secondary N) is 1. The van der Waals surface area contributed by atoms with Crippen molar-refractivity contribution >= 4 is 17.3 Å². The van der Waals surface area contributed by atoms with Crippen molar-refractivity contribution < 1.29 is 27.5 Å². The molecule has 1 aliphatic carbocycles. The van der Waals surface area contributed by atoms with Crippen molar-refractivity contribution in [1.82, 2.24) is 9.55 Å². The second-order valence-electron chi connectivity index (χ2n) is 8.01.